The van der Waals surface area contributed by atoms with Gasteiger partial charge in [0.2, 0.25) is 0 Å². The number of hydrazine groups is 1. The van der Waals surface area contributed by atoms with Crippen LogP contribution >= 0.6 is 0 Å². The fraction of sp³-hybridized carbons (Fsp3) is 0.176. The second kappa shape index (κ2) is 5.51. The van der Waals surface area contributed by atoms with E-state index in [0.29, 0.717) is 23.7 Å². The number of allylic oxidation sites excluding steroid dienone is 1. The molecule has 2 aliphatic rings. The van der Waals surface area contributed by atoms with Gasteiger partial charge >= 0.3 is 6.18 Å². The molecule has 0 aliphatic carbocycles. The van der Waals surface area contributed by atoms with Crippen molar-refractivity contribution in [3.05, 3.63) is 65.8 Å². The highest BCUT2D eigenvalue weighted by Crippen LogP contribution is 2.33. The summed E-state index contributed by atoms with van der Waals surface area (Å²) in [6, 6.07) is 6.99. The lowest BCUT2D eigenvalue weighted by atomic mass is 10.2. The molecule has 5 nitrogen and oxygen atoms in total. The topological polar surface area (TPSA) is 36.7 Å². The highest BCUT2D eigenvalue weighted by atomic mass is 19.4. The molecule has 0 fully saturated rings. The van der Waals surface area contributed by atoms with Gasteiger partial charge in [0.15, 0.2) is 5.82 Å². The summed E-state index contributed by atoms with van der Waals surface area (Å²) >= 11 is 0. The van der Waals surface area contributed by atoms with Crippen LogP contribution in [0.15, 0.2) is 59.5 Å². The number of nitrogens with zero attached hydrogens (tertiary/aromatic N) is 5. The monoisotopic (exact) mass is 345 g/mol. The standard InChI is InChI=1S/C17H14F3N5/c1-12-10-16(24-9-6-15-21-7-3-8-23(15)24)25(22-12)14-5-2-4-13(11-14)17(18,19)20/h2-8,10-11H,9H2,1H3. The highest BCUT2D eigenvalue weighted by Gasteiger charge is 2.31. The normalized spacial score (nSPS) is 16.4. The van der Waals surface area contributed by atoms with Gasteiger partial charge in [0.05, 0.1) is 23.5 Å². The van der Waals surface area contributed by atoms with E-state index in [1.165, 1.54) is 10.7 Å². The minimum Gasteiger partial charge on any atom is -0.258 e. The molecule has 128 valence electrons. The zero-order valence-corrected chi connectivity index (χ0v) is 13.3. The molecule has 25 heavy (non-hydrogen) atoms. The summed E-state index contributed by atoms with van der Waals surface area (Å²) < 4.78 is 40.6. The Morgan fingerprint density at radius 1 is 1.16 bits per heavy atom. The Bertz CT molecular complexity index is 907. The minimum absolute atomic E-state index is 0.357. The first-order chi connectivity index (χ1) is 11.9. The van der Waals surface area contributed by atoms with Gasteiger partial charge in [-0.25, -0.2) is 14.7 Å². The Labute approximate surface area is 142 Å². The van der Waals surface area contributed by atoms with Crippen molar-refractivity contribution in [2.75, 3.05) is 11.6 Å². The SMILES string of the molecule is Cc1cc(N2CC=C3N=CC=CN32)n(-c2cccc(C(F)(F)F)c2)n1. The molecule has 2 aliphatic heterocycles. The first kappa shape index (κ1) is 15.5. The van der Waals surface area contributed by atoms with E-state index in [2.05, 4.69) is 10.1 Å². The van der Waals surface area contributed by atoms with Crippen LogP contribution in [0.25, 0.3) is 5.69 Å². The number of alkyl halides is 3. The predicted molar refractivity (Wildman–Crippen MR) is 88.2 cm³/mol. The maximum atomic E-state index is 13.0. The lowest BCUT2D eigenvalue weighted by molar-refractivity contribution is -0.137. The highest BCUT2D eigenvalue weighted by molar-refractivity contribution is 5.74. The van der Waals surface area contributed by atoms with Crippen molar-refractivity contribution < 1.29 is 13.2 Å². The predicted octanol–water partition coefficient (Wildman–Crippen LogP) is 3.68. The number of aromatic nitrogens is 2. The third-order valence-electron chi connectivity index (χ3n) is 3.96. The Balaban J connectivity index is 1.76. The average Bonchev–Trinajstić information content (AvgIpc) is 3.17. The van der Waals surface area contributed by atoms with Crippen LogP contribution in [-0.4, -0.2) is 27.5 Å². The number of rotatable bonds is 2. The zero-order valence-electron chi connectivity index (χ0n) is 13.3. The van der Waals surface area contributed by atoms with Gasteiger partial charge in [-0.05, 0) is 37.3 Å². The van der Waals surface area contributed by atoms with Crippen LogP contribution in [0.1, 0.15) is 11.3 Å². The van der Waals surface area contributed by atoms with Crippen molar-refractivity contribution in [3.63, 3.8) is 0 Å². The molecular formula is C17H14F3N5. The summed E-state index contributed by atoms with van der Waals surface area (Å²) in [6.07, 6.45) is 2.89. The smallest absolute Gasteiger partial charge is 0.258 e. The van der Waals surface area contributed by atoms with Crippen LogP contribution in [0.4, 0.5) is 19.0 Å². The Morgan fingerprint density at radius 2 is 2.00 bits per heavy atom. The molecule has 2 aromatic rings. The zero-order chi connectivity index (χ0) is 17.6. The molecule has 0 atom stereocenters. The second-order valence-corrected chi connectivity index (χ2v) is 5.71. The lowest BCUT2D eigenvalue weighted by Gasteiger charge is -2.30. The molecule has 0 amide bonds. The van der Waals surface area contributed by atoms with Crippen molar-refractivity contribution in [3.8, 4) is 5.69 Å². The molecule has 0 spiro atoms. The van der Waals surface area contributed by atoms with Gasteiger partial charge in [-0.15, -0.1) is 0 Å². The van der Waals surface area contributed by atoms with Crippen molar-refractivity contribution in [1.82, 2.24) is 14.8 Å². The number of anilines is 1. The van der Waals surface area contributed by atoms with Crippen molar-refractivity contribution >= 4 is 12.0 Å². The van der Waals surface area contributed by atoms with Crippen molar-refractivity contribution in [1.29, 1.82) is 0 Å². The van der Waals surface area contributed by atoms with E-state index in [0.717, 1.165) is 18.0 Å². The molecule has 0 bridgehead atoms. The molecule has 0 saturated heterocycles. The molecule has 1 aromatic heterocycles. The van der Waals surface area contributed by atoms with E-state index in [1.807, 2.05) is 35.3 Å². The van der Waals surface area contributed by atoms with Gasteiger partial charge in [0.1, 0.15) is 5.82 Å². The lowest BCUT2D eigenvalue weighted by Crippen LogP contribution is -2.35. The van der Waals surface area contributed by atoms with Gasteiger partial charge in [-0.3, -0.25) is 5.01 Å². The summed E-state index contributed by atoms with van der Waals surface area (Å²) in [6.45, 7) is 2.36. The van der Waals surface area contributed by atoms with E-state index in [-0.39, 0.29) is 0 Å². The molecule has 0 N–H and O–H groups in total. The average molecular weight is 345 g/mol. The Kier molecular flexibility index (Phi) is 3.41. The number of hydrogen-bond donors (Lipinski definition) is 0. The van der Waals surface area contributed by atoms with Crippen LogP contribution in [0.5, 0.6) is 0 Å². The number of benzene rings is 1. The quantitative estimate of drug-likeness (QED) is 0.833. The summed E-state index contributed by atoms with van der Waals surface area (Å²) in [4.78, 5) is 4.28. The van der Waals surface area contributed by atoms with Gasteiger partial charge in [0.25, 0.3) is 0 Å². The van der Waals surface area contributed by atoms with Crippen molar-refractivity contribution in [2.45, 2.75) is 13.1 Å². The number of fused-ring (bicyclic) bond motifs is 1. The molecule has 8 heteroatoms. The Morgan fingerprint density at radius 3 is 2.80 bits per heavy atom. The summed E-state index contributed by atoms with van der Waals surface area (Å²) in [5.41, 5.74) is 0.369. The largest absolute Gasteiger partial charge is 0.416 e. The van der Waals surface area contributed by atoms with Gasteiger partial charge in [0, 0.05) is 18.5 Å². The van der Waals surface area contributed by atoms with E-state index < -0.39 is 11.7 Å². The van der Waals surface area contributed by atoms with Gasteiger partial charge in [-0.2, -0.15) is 18.3 Å². The van der Waals surface area contributed by atoms with E-state index >= 15 is 0 Å². The Hall–Kier alpha value is -3.03. The maximum Gasteiger partial charge on any atom is 0.416 e. The molecule has 0 radical (unpaired) electrons. The second-order valence-electron chi connectivity index (χ2n) is 5.71. The first-order valence-electron chi connectivity index (χ1n) is 7.65. The van der Waals surface area contributed by atoms with Gasteiger partial charge < -0.3 is 0 Å². The van der Waals surface area contributed by atoms with E-state index in [9.17, 15) is 13.2 Å². The first-order valence-corrected chi connectivity index (χ1v) is 7.65. The number of hydrogen-bond acceptors (Lipinski definition) is 4. The van der Waals surface area contributed by atoms with Crippen LogP contribution in [-0.2, 0) is 6.18 Å². The van der Waals surface area contributed by atoms with Gasteiger partial charge in [-0.1, -0.05) is 6.07 Å². The summed E-state index contributed by atoms with van der Waals surface area (Å²) in [5.74, 6) is 1.45. The van der Waals surface area contributed by atoms with Crippen molar-refractivity contribution in [2.24, 2.45) is 4.99 Å². The third kappa shape index (κ3) is 2.69. The molecule has 3 heterocycles. The molecular weight excluding hydrogens is 331 g/mol. The van der Waals surface area contributed by atoms with Crippen LogP contribution < -0.4 is 5.01 Å². The van der Waals surface area contributed by atoms with E-state index in [4.69, 9.17) is 0 Å². The van der Waals surface area contributed by atoms with Crippen LogP contribution in [0.3, 0.4) is 0 Å². The summed E-state index contributed by atoms with van der Waals surface area (Å²) in [5, 5.41) is 8.13. The fourth-order valence-electron chi connectivity index (χ4n) is 2.86. The molecule has 4 rings (SSSR count). The minimum atomic E-state index is -4.40. The fourth-order valence-corrected chi connectivity index (χ4v) is 2.86. The van der Waals surface area contributed by atoms with Crippen LogP contribution in [0, 0.1) is 6.92 Å². The summed E-state index contributed by atoms with van der Waals surface area (Å²) in [7, 11) is 0. The molecule has 0 unspecified atom stereocenters. The third-order valence-corrected chi connectivity index (χ3v) is 3.96. The van der Waals surface area contributed by atoms with Crippen LogP contribution in [0.2, 0.25) is 0 Å². The molecule has 1 aromatic carbocycles. The number of halogens is 3. The van der Waals surface area contributed by atoms with E-state index in [1.54, 1.807) is 18.4 Å². The number of aryl methyl sites for hydroxylation is 1. The number of aliphatic imine (C=N–C) groups is 1. The maximum absolute atomic E-state index is 13.0. The molecule has 0 saturated carbocycles.